The first kappa shape index (κ1) is 96.2. The fourth-order valence-electron chi connectivity index (χ4n) is 8.84. The Balaban J connectivity index is -0.000000296. The summed E-state index contributed by atoms with van der Waals surface area (Å²) in [4.78, 5) is 7.16. The van der Waals surface area contributed by atoms with Crippen molar-refractivity contribution in [1.82, 2.24) is 46.6 Å². The highest BCUT2D eigenvalue weighted by Gasteiger charge is 2.25. The number of morpholine rings is 1. The standard InChI is InChI=1S/C9H20N2O.C9H20N2.2C9H19NOS.C8H18O.C7H18N2.C7H17NO.2C6H14O/c1-9(2)10-3-4-11-5-7-12-8-6-11;1-9(2)10-5-8-11-6-3-4-7-11;1-8(2)10-9-4-6-12(3,11)7-5-9;1-8(2)10-9-5-4-6-12(3,11)7-9;1-6(2)7(9)8(3,4)5;1-7(2)8-5-6-9(3)4;1-7(2)8-5-4-6-9-3;1-5(2)6(3,4)7;1-4-6(7)5(2)3/h9-10H,3-8H2,1-2H3;9-10H,3-8H2,1-2H3;2*8-10H,3-7H2,1-2H3;6-7,9H,1-5H3;7-8H,5-6H2,1-4H3;7-8H,4-6H2,1-3H3;5,7H,1-4H3;5-7H,4H2,1-3H3. The minimum absolute atomic E-state index is 0.0359. The van der Waals surface area contributed by atoms with Crippen LogP contribution in [0.3, 0.4) is 0 Å². The van der Waals surface area contributed by atoms with Gasteiger partial charge in [-0.05, 0) is 153 Å². The van der Waals surface area contributed by atoms with Crippen LogP contribution in [0.1, 0.15) is 218 Å². The van der Waals surface area contributed by atoms with E-state index >= 15 is 0 Å². The quantitative estimate of drug-likeness (QED) is 0.0310. The predicted octanol–water partition coefficient (Wildman–Crippen LogP) is 9.57. The van der Waals surface area contributed by atoms with Gasteiger partial charge >= 0.3 is 0 Å². The third-order valence-corrected chi connectivity index (χ3v) is 19.0. The van der Waals surface area contributed by atoms with Crippen molar-refractivity contribution >= 4 is 30.8 Å². The van der Waals surface area contributed by atoms with Crippen LogP contribution in [0.5, 0.6) is 0 Å². The van der Waals surface area contributed by atoms with Crippen molar-refractivity contribution in [3.8, 4) is 0 Å². The van der Waals surface area contributed by atoms with Gasteiger partial charge in [0, 0.05) is 137 Å². The van der Waals surface area contributed by atoms with Crippen LogP contribution in [0.4, 0.5) is 0 Å². The molecule has 4 atom stereocenters. The molecule has 538 valence electrons. The number of likely N-dealkylation sites (tertiary alicyclic amines) is 1. The fourth-order valence-corrected chi connectivity index (χ4v) is 12.3. The van der Waals surface area contributed by atoms with E-state index in [9.17, 15) is 13.5 Å². The molecule has 88 heavy (non-hydrogen) atoms. The maximum atomic E-state index is 11.6. The zero-order valence-corrected chi connectivity index (χ0v) is 65.1. The van der Waals surface area contributed by atoms with E-state index in [1.807, 2.05) is 62.3 Å². The van der Waals surface area contributed by atoms with E-state index in [1.165, 1.54) is 32.5 Å². The number of likely N-dealkylation sites (N-methyl/N-ethyl adjacent to an activating group) is 1. The summed E-state index contributed by atoms with van der Waals surface area (Å²) in [6.07, 6.45) is 8.78. The summed E-state index contributed by atoms with van der Waals surface area (Å²) in [6.45, 7) is 65.2. The average molecular weight is 1300 g/mol. The summed E-state index contributed by atoms with van der Waals surface area (Å²) in [6, 6.07) is 4.48. The molecule has 0 spiro atoms. The highest BCUT2D eigenvalue weighted by Crippen LogP contribution is 2.24. The molecule has 16 nitrogen and oxygen atoms in total. The van der Waals surface area contributed by atoms with Gasteiger partial charge in [0.1, 0.15) is 0 Å². The first-order valence-electron chi connectivity index (χ1n) is 34.8. The largest absolute Gasteiger partial charge is 0.393 e. The van der Waals surface area contributed by atoms with Gasteiger partial charge in [0.05, 0.1) is 31.0 Å². The molecule has 4 aliphatic heterocycles. The number of nitrogens with one attached hydrogen (secondary N) is 6. The van der Waals surface area contributed by atoms with Gasteiger partial charge in [-0.3, -0.25) is 13.3 Å². The SMILES string of the molecule is C=S1(=O)CCC(NC(C)C)CC1.C=S1(=O)CCCC(NC(C)C)C1.CC(C)C(C)(C)O.CC(C)C(O)C(C)(C)C.CC(C)NCCN(C)C.CC(C)NCCN1CCCC1.CC(C)NCCN1CCOCC1.CCC(O)C(C)C.COCCCNC(C)C. The van der Waals surface area contributed by atoms with Gasteiger partial charge in [0.2, 0.25) is 0 Å². The van der Waals surface area contributed by atoms with E-state index in [-0.39, 0.29) is 17.6 Å². The van der Waals surface area contributed by atoms with Crippen molar-refractivity contribution in [2.75, 3.05) is 136 Å². The summed E-state index contributed by atoms with van der Waals surface area (Å²) in [7, 11) is 2.47. The number of ether oxygens (including phenoxy) is 2. The number of hydrogen-bond donors (Lipinski definition) is 9. The molecule has 4 heterocycles. The smallest absolute Gasteiger partial charge is 0.0614 e. The third kappa shape index (κ3) is 71.3. The maximum absolute atomic E-state index is 11.6. The molecule has 0 aromatic carbocycles. The van der Waals surface area contributed by atoms with Gasteiger partial charge in [-0.25, -0.2) is 0 Å². The second kappa shape index (κ2) is 56.8. The second-order valence-electron chi connectivity index (χ2n) is 29.6. The van der Waals surface area contributed by atoms with Crippen LogP contribution < -0.4 is 31.9 Å². The van der Waals surface area contributed by atoms with E-state index in [1.54, 1.807) is 7.11 Å². The van der Waals surface area contributed by atoms with E-state index < -0.39 is 24.6 Å². The Hall–Kier alpha value is -0.520. The molecule has 9 N–H and O–H groups in total. The number of rotatable bonds is 25. The normalized spacial score (nSPS) is 21.5. The van der Waals surface area contributed by atoms with Gasteiger partial charge in [-0.1, -0.05) is 152 Å². The summed E-state index contributed by atoms with van der Waals surface area (Å²) in [5.41, 5.74) is -0.464. The monoisotopic (exact) mass is 1300 g/mol. The molecule has 4 aliphatic rings. The minimum atomic E-state index is -1.74. The topological polar surface area (TPSA) is 195 Å². The molecule has 4 saturated heterocycles. The molecule has 4 unspecified atom stereocenters. The number of nitrogens with zero attached hydrogens (tertiary/aromatic N) is 3. The average Bonchev–Trinajstić information content (AvgIpc) is 4.09. The van der Waals surface area contributed by atoms with Crippen LogP contribution in [0.25, 0.3) is 0 Å². The van der Waals surface area contributed by atoms with Crippen LogP contribution in [-0.4, -0.2) is 252 Å². The van der Waals surface area contributed by atoms with Crippen LogP contribution in [0.15, 0.2) is 0 Å². The first-order chi connectivity index (χ1) is 40.4. The molecule has 0 amide bonds. The van der Waals surface area contributed by atoms with Crippen molar-refractivity contribution in [2.45, 2.75) is 284 Å². The Labute approximate surface area is 550 Å². The minimum Gasteiger partial charge on any atom is -0.393 e. The van der Waals surface area contributed by atoms with E-state index in [0.29, 0.717) is 66.1 Å². The van der Waals surface area contributed by atoms with Gasteiger partial charge in [0.25, 0.3) is 0 Å². The summed E-state index contributed by atoms with van der Waals surface area (Å²) in [5, 5.41) is 47.9. The molecule has 0 bridgehead atoms. The Morgan fingerprint density at radius 2 is 0.989 bits per heavy atom. The number of aliphatic hydroxyl groups is 3. The molecule has 0 radical (unpaired) electrons. The van der Waals surface area contributed by atoms with Crippen LogP contribution in [0, 0.1) is 23.2 Å². The number of hydrogen-bond acceptors (Lipinski definition) is 16. The Morgan fingerprint density at radius 1 is 0.580 bits per heavy atom. The summed E-state index contributed by atoms with van der Waals surface area (Å²) < 4.78 is 33.3. The van der Waals surface area contributed by atoms with E-state index in [0.717, 1.165) is 134 Å². The molecule has 18 heteroatoms. The van der Waals surface area contributed by atoms with Gasteiger partial charge in [-0.2, -0.15) is 0 Å². The fraction of sp³-hybridized carbons (Fsp3) is 0.971. The van der Waals surface area contributed by atoms with Gasteiger partial charge in [-0.15, -0.1) is 0 Å². The maximum Gasteiger partial charge on any atom is 0.0614 e. The van der Waals surface area contributed by atoms with Crippen molar-refractivity contribution < 1.29 is 33.2 Å². The second-order valence-corrected chi connectivity index (χ2v) is 35.1. The van der Waals surface area contributed by atoms with Crippen molar-refractivity contribution in [3.05, 3.63) is 0 Å². The zero-order chi connectivity index (χ0) is 69.3. The highest BCUT2D eigenvalue weighted by atomic mass is 32.2. The first-order valence-corrected chi connectivity index (χ1v) is 38.9. The van der Waals surface area contributed by atoms with Crippen molar-refractivity contribution in [2.24, 2.45) is 23.2 Å². The molecule has 0 aliphatic carbocycles. The van der Waals surface area contributed by atoms with Crippen molar-refractivity contribution in [3.63, 3.8) is 0 Å². The lowest BCUT2D eigenvalue weighted by Gasteiger charge is -2.28. The summed E-state index contributed by atoms with van der Waals surface area (Å²) >= 11 is 0. The Kier molecular flexibility index (Phi) is 62.1. The van der Waals surface area contributed by atoms with Crippen LogP contribution >= 0.6 is 0 Å². The molecular formula is C70H159N9O7S2. The lowest BCUT2D eigenvalue weighted by Crippen LogP contribution is -2.43. The van der Waals surface area contributed by atoms with Gasteiger partial charge < -0.3 is 66.5 Å². The van der Waals surface area contributed by atoms with Crippen molar-refractivity contribution in [1.29, 1.82) is 0 Å². The Morgan fingerprint density at radius 3 is 1.31 bits per heavy atom. The summed E-state index contributed by atoms with van der Waals surface area (Å²) in [5.74, 6) is 11.9. The number of aliphatic hydroxyl groups excluding tert-OH is 2. The molecule has 4 rings (SSSR count). The lowest BCUT2D eigenvalue weighted by molar-refractivity contribution is 0.0245. The van der Waals surface area contributed by atoms with E-state index in [4.69, 9.17) is 19.7 Å². The van der Waals surface area contributed by atoms with Gasteiger partial charge in [0.15, 0.2) is 0 Å². The zero-order valence-electron chi connectivity index (χ0n) is 63.4. The molecule has 0 saturated carbocycles. The lowest BCUT2D eigenvalue weighted by atomic mass is 9.83. The molecule has 0 aromatic rings. The highest BCUT2D eigenvalue weighted by molar-refractivity contribution is 8.00. The molecular weight excluding hydrogens is 1140 g/mol. The van der Waals surface area contributed by atoms with E-state index in [2.05, 4.69) is 176 Å². The molecule has 0 aromatic heterocycles. The van der Waals surface area contributed by atoms with Crippen LogP contribution in [-0.2, 0) is 28.5 Å². The van der Waals surface area contributed by atoms with Crippen LogP contribution in [0.2, 0.25) is 0 Å². The third-order valence-electron chi connectivity index (χ3n) is 15.0. The number of methoxy groups -OCH3 is 1. The Bertz CT molecular complexity index is 1690. The predicted molar refractivity (Wildman–Crippen MR) is 396 cm³/mol. The molecule has 4 fully saturated rings.